The molecule has 0 bridgehead atoms. The number of ether oxygens (including phenoxy) is 2. The van der Waals surface area contributed by atoms with Crippen LogP contribution in [0.3, 0.4) is 0 Å². The number of amides is 1. The molecular weight excluding hydrogens is 582 g/mol. The van der Waals surface area contributed by atoms with E-state index in [4.69, 9.17) is 9.47 Å². The summed E-state index contributed by atoms with van der Waals surface area (Å²) in [5, 5.41) is 3.33. The molecule has 0 saturated heterocycles. The van der Waals surface area contributed by atoms with Crippen molar-refractivity contribution >= 4 is 55.4 Å². The number of halogens is 4. The van der Waals surface area contributed by atoms with E-state index in [-0.39, 0.29) is 11.3 Å². The number of nitrogens with one attached hydrogen (secondary N) is 1. The second kappa shape index (κ2) is 12.8. The molecule has 0 radical (unpaired) electrons. The minimum Gasteiger partial charge on any atom is -0.460 e. The van der Waals surface area contributed by atoms with E-state index < -0.39 is 53.1 Å². The van der Waals surface area contributed by atoms with E-state index in [2.05, 4.69) is 37.2 Å². The molecule has 1 atom stereocenters. The van der Waals surface area contributed by atoms with Gasteiger partial charge in [-0.2, -0.15) is 0 Å². The first-order chi connectivity index (χ1) is 15.6. The predicted octanol–water partition coefficient (Wildman–Crippen LogP) is 4.73. The fraction of sp³-hybridized carbons (Fsp3) is 0.609. The second-order valence-electron chi connectivity index (χ2n) is 9.50. The van der Waals surface area contributed by atoms with Crippen LogP contribution < -0.4 is 10.2 Å². The van der Waals surface area contributed by atoms with Gasteiger partial charge in [0.15, 0.2) is 0 Å². The number of nitrogens with zero attached hydrogens (tertiary/aromatic N) is 1. The summed E-state index contributed by atoms with van der Waals surface area (Å²) < 4.78 is 40.2. The Morgan fingerprint density at radius 2 is 1.41 bits per heavy atom. The highest BCUT2D eigenvalue weighted by atomic mass is 79.9. The molecule has 0 spiro atoms. The Hall–Kier alpha value is -1.75. The zero-order valence-electron chi connectivity index (χ0n) is 20.3. The molecule has 0 aliphatic rings. The number of hydrogen-bond acceptors (Lipinski definition) is 6. The Morgan fingerprint density at radius 1 is 0.941 bits per heavy atom. The Morgan fingerprint density at radius 3 is 1.82 bits per heavy atom. The molecule has 192 valence electrons. The van der Waals surface area contributed by atoms with E-state index in [1.165, 1.54) is 4.90 Å². The van der Waals surface area contributed by atoms with E-state index in [1.807, 2.05) is 0 Å². The molecule has 1 rings (SSSR count). The Balaban J connectivity index is 3.19. The Bertz CT molecular complexity index is 856. The summed E-state index contributed by atoms with van der Waals surface area (Å²) in [4.78, 5) is 39.2. The van der Waals surface area contributed by atoms with Crippen LogP contribution in [0, 0.1) is 11.6 Å². The van der Waals surface area contributed by atoms with Gasteiger partial charge in [-0.15, -0.1) is 0 Å². The van der Waals surface area contributed by atoms with Crippen LogP contribution in [-0.4, -0.2) is 58.8 Å². The van der Waals surface area contributed by atoms with E-state index >= 15 is 0 Å². The van der Waals surface area contributed by atoms with Gasteiger partial charge in [0.25, 0.3) is 5.91 Å². The zero-order valence-corrected chi connectivity index (χ0v) is 23.4. The van der Waals surface area contributed by atoms with Crippen LogP contribution in [0.1, 0.15) is 58.3 Å². The van der Waals surface area contributed by atoms with Crippen LogP contribution in [0.25, 0.3) is 0 Å². The third-order valence-electron chi connectivity index (χ3n) is 4.09. The van der Waals surface area contributed by atoms with Gasteiger partial charge < -0.3 is 19.7 Å². The highest BCUT2D eigenvalue weighted by molar-refractivity contribution is 9.09. The number of carbonyl (C=O) groups is 3. The number of rotatable bonds is 10. The number of esters is 2. The van der Waals surface area contributed by atoms with Gasteiger partial charge in [-0.1, -0.05) is 31.9 Å². The molecule has 0 heterocycles. The van der Waals surface area contributed by atoms with Gasteiger partial charge in [-0.05, 0) is 53.7 Å². The van der Waals surface area contributed by atoms with Gasteiger partial charge in [-0.3, -0.25) is 9.59 Å². The fourth-order valence-corrected chi connectivity index (χ4v) is 3.75. The molecule has 0 aliphatic heterocycles. The Labute approximate surface area is 216 Å². The highest BCUT2D eigenvalue weighted by Crippen LogP contribution is 2.26. The van der Waals surface area contributed by atoms with Crippen LogP contribution in [0.5, 0.6) is 0 Å². The standard InChI is InChI=1S/C23H32Br2F2N2O5/c1-22(2,3)33-18(30)13-17(21(32)34-23(4,5)6)28-20(31)14-11-15(26)19(16(27)12-14)29(9-7-24)10-8-25/h11-12,17H,7-10,13H2,1-6H3,(H,28,31). The normalized spacial score (nSPS) is 12.6. The molecule has 7 nitrogen and oxygen atoms in total. The molecule has 0 saturated carbocycles. The van der Waals surface area contributed by atoms with E-state index in [1.54, 1.807) is 41.5 Å². The van der Waals surface area contributed by atoms with Crippen molar-refractivity contribution in [3.8, 4) is 0 Å². The van der Waals surface area contributed by atoms with E-state index in [0.29, 0.717) is 23.7 Å². The summed E-state index contributed by atoms with van der Waals surface area (Å²) in [7, 11) is 0. The lowest BCUT2D eigenvalue weighted by Crippen LogP contribution is -2.46. The molecule has 1 N–H and O–H groups in total. The molecule has 11 heteroatoms. The smallest absolute Gasteiger partial charge is 0.329 e. The number of hydrogen-bond donors (Lipinski definition) is 1. The molecule has 0 aliphatic carbocycles. The Kier molecular flexibility index (Phi) is 11.4. The fourth-order valence-electron chi connectivity index (χ4n) is 2.90. The summed E-state index contributed by atoms with van der Waals surface area (Å²) in [6.45, 7) is 10.6. The minimum atomic E-state index is -1.41. The monoisotopic (exact) mass is 612 g/mol. The molecule has 1 aromatic rings. The SMILES string of the molecule is CC(C)(C)OC(=O)CC(NC(=O)c1cc(F)c(N(CCBr)CCBr)c(F)c1)C(=O)OC(C)(C)C. The lowest BCUT2D eigenvalue weighted by molar-refractivity contribution is -0.164. The average Bonchev–Trinajstić information content (AvgIpc) is 2.64. The number of alkyl halides is 2. The number of anilines is 1. The molecule has 1 unspecified atom stereocenters. The van der Waals surface area contributed by atoms with Crippen molar-refractivity contribution in [1.29, 1.82) is 0 Å². The van der Waals surface area contributed by atoms with Crippen molar-refractivity contribution in [3.63, 3.8) is 0 Å². The van der Waals surface area contributed by atoms with Crippen LogP contribution >= 0.6 is 31.9 Å². The number of benzene rings is 1. The van der Waals surface area contributed by atoms with Crippen molar-refractivity contribution in [2.75, 3.05) is 28.6 Å². The first-order valence-electron chi connectivity index (χ1n) is 10.7. The van der Waals surface area contributed by atoms with Gasteiger partial charge >= 0.3 is 11.9 Å². The van der Waals surface area contributed by atoms with Gasteiger partial charge in [0, 0.05) is 29.3 Å². The summed E-state index contributed by atoms with van der Waals surface area (Å²) in [6.07, 6.45) is -0.509. The summed E-state index contributed by atoms with van der Waals surface area (Å²) >= 11 is 6.51. The third kappa shape index (κ3) is 10.2. The molecule has 0 aromatic heterocycles. The average molecular weight is 614 g/mol. The predicted molar refractivity (Wildman–Crippen MR) is 134 cm³/mol. The van der Waals surface area contributed by atoms with E-state index in [9.17, 15) is 23.2 Å². The number of carbonyl (C=O) groups excluding carboxylic acids is 3. The second-order valence-corrected chi connectivity index (χ2v) is 11.1. The lowest BCUT2D eigenvalue weighted by atomic mass is 10.1. The highest BCUT2D eigenvalue weighted by Gasteiger charge is 2.31. The summed E-state index contributed by atoms with van der Waals surface area (Å²) in [5.74, 6) is -4.39. The van der Waals surface area contributed by atoms with Crippen molar-refractivity contribution in [3.05, 3.63) is 29.3 Å². The quantitative estimate of drug-likeness (QED) is 0.303. The maximum absolute atomic E-state index is 14.8. The van der Waals surface area contributed by atoms with Gasteiger partial charge in [0.05, 0.1) is 6.42 Å². The van der Waals surface area contributed by atoms with Gasteiger partial charge in [0.1, 0.15) is 34.6 Å². The van der Waals surface area contributed by atoms with Crippen molar-refractivity contribution in [1.82, 2.24) is 5.32 Å². The maximum atomic E-state index is 14.8. The molecule has 0 fully saturated rings. The van der Waals surface area contributed by atoms with Crippen LogP contribution in [-0.2, 0) is 19.1 Å². The largest absolute Gasteiger partial charge is 0.460 e. The van der Waals surface area contributed by atoms with Gasteiger partial charge in [0.2, 0.25) is 0 Å². The molecule has 1 aromatic carbocycles. The maximum Gasteiger partial charge on any atom is 0.329 e. The van der Waals surface area contributed by atoms with Crippen LogP contribution in [0.4, 0.5) is 14.5 Å². The molecule has 1 amide bonds. The molecular formula is C23H32Br2F2N2O5. The topological polar surface area (TPSA) is 84.9 Å². The summed E-state index contributed by atoms with van der Waals surface area (Å²) in [5.41, 5.74) is -2.29. The van der Waals surface area contributed by atoms with Gasteiger partial charge in [-0.25, -0.2) is 13.6 Å². The minimum absolute atomic E-state index is 0.257. The van der Waals surface area contributed by atoms with Crippen molar-refractivity contribution in [2.24, 2.45) is 0 Å². The third-order valence-corrected chi connectivity index (χ3v) is 4.80. The van der Waals surface area contributed by atoms with Crippen LogP contribution in [0.2, 0.25) is 0 Å². The first-order valence-corrected chi connectivity index (χ1v) is 12.9. The van der Waals surface area contributed by atoms with E-state index in [0.717, 1.165) is 12.1 Å². The van der Waals surface area contributed by atoms with Crippen molar-refractivity contribution in [2.45, 2.75) is 65.2 Å². The molecule has 34 heavy (non-hydrogen) atoms. The summed E-state index contributed by atoms with van der Waals surface area (Å²) in [6, 6.07) is 0.372. The lowest BCUT2D eigenvalue weighted by Gasteiger charge is -2.26. The van der Waals surface area contributed by atoms with Crippen molar-refractivity contribution < 1.29 is 32.6 Å². The zero-order chi connectivity index (χ0) is 26.3. The van der Waals surface area contributed by atoms with Crippen LogP contribution in [0.15, 0.2) is 12.1 Å². The first kappa shape index (κ1) is 30.3.